The smallest absolute Gasteiger partial charge is 0.307 e. The van der Waals surface area contributed by atoms with E-state index in [1.165, 1.54) is 23.5 Å². The third-order valence-corrected chi connectivity index (χ3v) is 4.06. The minimum atomic E-state index is -0.388. The Hall–Kier alpha value is -1.72. The van der Waals surface area contributed by atoms with Gasteiger partial charge in [0.2, 0.25) is 0 Å². The van der Waals surface area contributed by atoms with E-state index in [0.29, 0.717) is 6.61 Å². The summed E-state index contributed by atoms with van der Waals surface area (Å²) in [4.78, 5) is 13.2. The molecule has 20 heavy (non-hydrogen) atoms. The Morgan fingerprint density at radius 2 is 2.20 bits per heavy atom. The van der Waals surface area contributed by atoms with Crippen molar-refractivity contribution in [1.82, 2.24) is 0 Å². The summed E-state index contributed by atoms with van der Waals surface area (Å²) in [5.74, 6) is -0.575. The van der Waals surface area contributed by atoms with Crippen molar-refractivity contribution in [2.75, 3.05) is 6.61 Å². The molecule has 0 saturated carbocycles. The Kier molecular flexibility index (Phi) is 4.87. The van der Waals surface area contributed by atoms with Gasteiger partial charge in [-0.2, -0.15) is 0 Å². The maximum atomic E-state index is 13.2. The van der Waals surface area contributed by atoms with Gasteiger partial charge in [-0.3, -0.25) is 4.79 Å². The van der Waals surface area contributed by atoms with Crippen LogP contribution in [0, 0.1) is 5.82 Å². The van der Waals surface area contributed by atoms with Gasteiger partial charge in [0, 0.05) is 15.8 Å². The number of nitrogens with two attached hydrogens (primary N) is 1. The number of rotatable bonds is 5. The Morgan fingerprint density at radius 3 is 2.90 bits per heavy atom. The van der Waals surface area contributed by atoms with E-state index in [9.17, 15) is 9.18 Å². The highest BCUT2D eigenvalue weighted by molar-refractivity contribution is 7.15. The van der Waals surface area contributed by atoms with Gasteiger partial charge in [0.25, 0.3) is 0 Å². The van der Waals surface area contributed by atoms with E-state index in [1.54, 1.807) is 13.0 Å². The molecule has 2 N–H and O–H groups in total. The SMILES string of the molecule is CCOC(=O)C[C@H](N)c1ccc(-c2cccc(F)c2)s1. The summed E-state index contributed by atoms with van der Waals surface area (Å²) in [5, 5.41) is 0. The number of carbonyl (C=O) groups is 1. The lowest BCUT2D eigenvalue weighted by molar-refractivity contribution is -0.143. The highest BCUT2D eigenvalue weighted by Gasteiger charge is 2.15. The molecule has 0 saturated heterocycles. The van der Waals surface area contributed by atoms with Crippen LogP contribution in [0.25, 0.3) is 10.4 Å². The van der Waals surface area contributed by atoms with Crippen LogP contribution in [0.1, 0.15) is 24.3 Å². The van der Waals surface area contributed by atoms with Crippen molar-refractivity contribution in [2.45, 2.75) is 19.4 Å². The summed E-state index contributed by atoms with van der Waals surface area (Å²) in [6.45, 7) is 2.11. The summed E-state index contributed by atoms with van der Waals surface area (Å²) in [5.41, 5.74) is 6.79. The van der Waals surface area contributed by atoms with Crippen molar-refractivity contribution < 1.29 is 13.9 Å². The lowest BCUT2D eigenvalue weighted by Gasteiger charge is -2.08. The zero-order chi connectivity index (χ0) is 14.5. The molecular formula is C15H16FNO2S. The number of thiophene rings is 1. The second kappa shape index (κ2) is 6.63. The topological polar surface area (TPSA) is 52.3 Å². The monoisotopic (exact) mass is 293 g/mol. The first-order chi connectivity index (χ1) is 9.60. The van der Waals surface area contributed by atoms with Crippen molar-refractivity contribution >= 4 is 17.3 Å². The van der Waals surface area contributed by atoms with E-state index in [0.717, 1.165) is 15.3 Å². The first kappa shape index (κ1) is 14.7. The minimum Gasteiger partial charge on any atom is -0.466 e. The number of carbonyl (C=O) groups excluding carboxylic acids is 1. The van der Waals surface area contributed by atoms with Crippen molar-refractivity contribution in [3.63, 3.8) is 0 Å². The van der Waals surface area contributed by atoms with Crippen LogP contribution in [0.5, 0.6) is 0 Å². The van der Waals surface area contributed by atoms with Crippen LogP contribution in [0.3, 0.4) is 0 Å². The van der Waals surface area contributed by atoms with Gasteiger partial charge >= 0.3 is 5.97 Å². The fourth-order valence-corrected chi connectivity index (χ4v) is 2.85. The van der Waals surface area contributed by atoms with Crippen molar-refractivity contribution in [1.29, 1.82) is 0 Å². The molecule has 0 aliphatic carbocycles. The average Bonchev–Trinajstić information content (AvgIpc) is 2.88. The molecule has 2 rings (SSSR count). The van der Waals surface area contributed by atoms with Crippen molar-refractivity contribution in [3.05, 3.63) is 47.1 Å². The molecule has 106 valence electrons. The van der Waals surface area contributed by atoms with Gasteiger partial charge in [0.15, 0.2) is 0 Å². The lowest BCUT2D eigenvalue weighted by Crippen LogP contribution is -2.16. The van der Waals surface area contributed by atoms with E-state index in [1.807, 2.05) is 18.2 Å². The zero-order valence-corrected chi connectivity index (χ0v) is 12.0. The van der Waals surface area contributed by atoms with Gasteiger partial charge in [-0.15, -0.1) is 11.3 Å². The van der Waals surface area contributed by atoms with Gasteiger partial charge in [0.1, 0.15) is 5.82 Å². The molecule has 2 aromatic rings. The van der Waals surface area contributed by atoms with Gasteiger partial charge in [0.05, 0.1) is 13.0 Å². The van der Waals surface area contributed by atoms with Crippen molar-refractivity contribution in [3.8, 4) is 10.4 Å². The molecule has 0 radical (unpaired) electrons. The Balaban J connectivity index is 2.10. The second-order valence-corrected chi connectivity index (χ2v) is 5.44. The molecule has 0 unspecified atom stereocenters. The third kappa shape index (κ3) is 3.65. The minimum absolute atomic E-state index is 0.150. The molecule has 1 aromatic carbocycles. The largest absolute Gasteiger partial charge is 0.466 e. The molecule has 0 aliphatic rings. The van der Waals surface area contributed by atoms with E-state index in [2.05, 4.69) is 0 Å². The van der Waals surface area contributed by atoms with E-state index >= 15 is 0 Å². The van der Waals surface area contributed by atoms with Gasteiger partial charge in [-0.25, -0.2) is 4.39 Å². The van der Waals surface area contributed by atoms with Crippen LogP contribution in [0.2, 0.25) is 0 Å². The number of halogens is 1. The maximum absolute atomic E-state index is 13.2. The Morgan fingerprint density at radius 1 is 1.40 bits per heavy atom. The first-order valence-corrected chi connectivity index (χ1v) is 7.18. The first-order valence-electron chi connectivity index (χ1n) is 6.37. The normalized spacial score (nSPS) is 12.2. The lowest BCUT2D eigenvalue weighted by atomic mass is 10.1. The highest BCUT2D eigenvalue weighted by Crippen LogP contribution is 2.32. The fraction of sp³-hybridized carbons (Fsp3) is 0.267. The number of ether oxygens (including phenoxy) is 1. The van der Waals surface area contributed by atoms with Crippen LogP contribution in [0.15, 0.2) is 36.4 Å². The van der Waals surface area contributed by atoms with Crippen LogP contribution < -0.4 is 5.73 Å². The number of hydrogen-bond acceptors (Lipinski definition) is 4. The molecule has 1 heterocycles. The molecule has 0 fully saturated rings. The van der Waals surface area contributed by atoms with Gasteiger partial charge in [-0.05, 0) is 36.8 Å². The quantitative estimate of drug-likeness (QED) is 0.858. The summed E-state index contributed by atoms with van der Waals surface area (Å²) in [7, 11) is 0. The highest BCUT2D eigenvalue weighted by atomic mass is 32.1. The standard InChI is InChI=1S/C15H16FNO2S/c1-2-19-15(18)9-12(17)14-7-6-13(20-14)10-4-3-5-11(16)8-10/h3-8,12H,2,9,17H2,1H3/t12-/m0/s1. The van der Waals surface area contributed by atoms with E-state index in [-0.39, 0.29) is 24.2 Å². The fourth-order valence-electron chi connectivity index (χ4n) is 1.85. The maximum Gasteiger partial charge on any atom is 0.307 e. The molecule has 0 aliphatic heterocycles. The molecular weight excluding hydrogens is 277 g/mol. The summed E-state index contributed by atoms with van der Waals surface area (Å²) in [6.07, 6.45) is 0.150. The Bertz CT molecular complexity index is 597. The molecule has 1 aromatic heterocycles. The summed E-state index contributed by atoms with van der Waals surface area (Å²) >= 11 is 1.46. The van der Waals surface area contributed by atoms with E-state index in [4.69, 9.17) is 10.5 Å². The zero-order valence-electron chi connectivity index (χ0n) is 11.1. The molecule has 1 atom stereocenters. The average molecular weight is 293 g/mol. The second-order valence-electron chi connectivity index (χ2n) is 4.33. The van der Waals surface area contributed by atoms with Gasteiger partial charge < -0.3 is 10.5 Å². The molecule has 0 bridgehead atoms. The predicted octanol–water partition coefficient (Wildman–Crippen LogP) is 3.51. The number of benzene rings is 1. The van der Waals surface area contributed by atoms with Crippen LogP contribution in [-0.4, -0.2) is 12.6 Å². The summed E-state index contributed by atoms with van der Waals surface area (Å²) < 4.78 is 18.1. The van der Waals surface area contributed by atoms with Crippen LogP contribution in [0.4, 0.5) is 4.39 Å². The van der Waals surface area contributed by atoms with Crippen molar-refractivity contribution in [2.24, 2.45) is 5.73 Å². The van der Waals surface area contributed by atoms with Crippen LogP contribution >= 0.6 is 11.3 Å². The number of esters is 1. The molecule has 3 nitrogen and oxygen atoms in total. The predicted molar refractivity (Wildman–Crippen MR) is 77.9 cm³/mol. The molecule has 0 amide bonds. The van der Waals surface area contributed by atoms with Gasteiger partial charge in [-0.1, -0.05) is 12.1 Å². The van der Waals surface area contributed by atoms with E-state index < -0.39 is 0 Å². The third-order valence-electron chi connectivity index (χ3n) is 2.79. The number of hydrogen-bond donors (Lipinski definition) is 1. The summed E-state index contributed by atoms with van der Waals surface area (Å²) in [6, 6.07) is 9.77. The molecule has 0 spiro atoms. The van der Waals surface area contributed by atoms with Crippen LogP contribution in [-0.2, 0) is 9.53 Å². The molecule has 5 heteroatoms. The Labute approximate surface area is 121 Å².